The van der Waals surface area contributed by atoms with Gasteiger partial charge in [-0.3, -0.25) is 0 Å². The number of ether oxygens (including phenoxy) is 1. The third-order valence-electron chi connectivity index (χ3n) is 6.76. The number of benzene rings is 1. The van der Waals surface area contributed by atoms with Crippen LogP contribution in [-0.4, -0.2) is 21.6 Å². The van der Waals surface area contributed by atoms with Crippen molar-refractivity contribution in [3.05, 3.63) is 65.7 Å². The molecule has 0 spiro atoms. The highest BCUT2D eigenvalue weighted by Gasteiger charge is 2.34. The van der Waals surface area contributed by atoms with Gasteiger partial charge in [0.25, 0.3) is 0 Å². The zero-order chi connectivity index (χ0) is 19.1. The summed E-state index contributed by atoms with van der Waals surface area (Å²) in [6.07, 6.45) is 12.3. The van der Waals surface area contributed by atoms with E-state index in [-0.39, 0.29) is 0 Å². The summed E-state index contributed by atoms with van der Waals surface area (Å²) in [6.45, 7) is 0. The molecule has 28 heavy (non-hydrogen) atoms. The Bertz CT molecular complexity index is 968. The number of rotatable bonds is 5. The van der Waals surface area contributed by atoms with Crippen molar-refractivity contribution >= 4 is 5.52 Å². The van der Waals surface area contributed by atoms with Gasteiger partial charge in [0, 0.05) is 11.8 Å². The summed E-state index contributed by atoms with van der Waals surface area (Å²) in [5, 5.41) is 11.4. The van der Waals surface area contributed by atoms with Gasteiger partial charge in [0.2, 0.25) is 0 Å². The van der Waals surface area contributed by atoms with Crippen LogP contribution in [0.2, 0.25) is 0 Å². The molecule has 4 nitrogen and oxygen atoms in total. The van der Waals surface area contributed by atoms with E-state index in [1.165, 1.54) is 24.0 Å². The van der Waals surface area contributed by atoms with Gasteiger partial charge in [-0.1, -0.05) is 12.1 Å². The van der Waals surface area contributed by atoms with Crippen LogP contribution in [0.5, 0.6) is 5.75 Å². The Morgan fingerprint density at radius 1 is 1.07 bits per heavy atom. The van der Waals surface area contributed by atoms with Gasteiger partial charge in [0.1, 0.15) is 5.75 Å². The van der Waals surface area contributed by atoms with Crippen LogP contribution < -0.4 is 4.74 Å². The topological polar surface area (TPSA) is 46.8 Å². The number of imidazole rings is 1. The molecule has 1 N–H and O–H groups in total. The molecule has 0 aliphatic heterocycles. The highest BCUT2D eigenvalue weighted by molar-refractivity contribution is 5.59. The minimum atomic E-state index is -0.401. The van der Waals surface area contributed by atoms with E-state index in [0.717, 1.165) is 42.5 Å². The maximum atomic E-state index is 11.4. The predicted molar refractivity (Wildman–Crippen MR) is 110 cm³/mol. The van der Waals surface area contributed by atoms with E-state index in [0.29, 0.717) is 17.8 Å². The van der Waals surface area contributed by atoms with Crippen LogP contribution >= 0.6 is 0 Å². The lowest BCUT2D eigenvalue weighted by Gasteiger charge is -2.33. The van der Waals surface area contributed by atoms with Gasteiger partial charge in [-0.05, 0) is 85.6 Å². The van der Waals surface area contributed by atoms with E-state index >= 15 is 0 Å². The third-order valence-corrected chi connectivity index (χ3v) is 6.76. The first kappa shape index (κ1) is 17.7. The van der Waals surface area contributed by atoms with Crippen molar-refractivity contribution in [1.29, 1.82) is 0 Å². The van der Waals surface area contributed by atoms with Crippen molar-refractivity contribution in [3.63, 3.8) is 0 Å². The SMILES string of the molecule is COc1cccc([C@H]2CC[C@H]([C@H](O)c3c(C4CC4)ccn4cncc34)CC2)c1. The molecular formula is C24H28N2O2. The quantitative estimate of drug-likeness (QED) is 0.663. The molecular weight excluding hydrogens is 348 g/mol. The monoisotopic (exact) mass is 376 g/mol. The third kappa shape index (κ3) is 3.20. The van der Waals surface area contributed by atoms with Crippen molar-refractivity contribution in [3.8, 4) is 5.75 Å². The summed E-state index contributed by atoms with van der Waals surface area (Å²) < 4.78 is 7.44. The molecule has 2 saturated carbocycles. The number of pyridine rings is 1. The van der Waals surface area contributed by atoms with E-state index < -0.39 is 6.10 Å². The first-order valence-corrected chi connectivity index (χ1v) is 10.5. The second-order valence-electron chi connectivity index (χ2n) is 8.48. The molecule has 0 bridgehead atoms. The molecule has 0 unspecified atom stereocenters. The average molecular weight is 377 g/mol. The maximum Gasteiger partial charge on any atom is 0.119 e. The van der Waals surface area contributed by atoms with Crippen LogP contribution in [0, 0.1) is 5.92 Å². The van der Waals surface area contributed by atoms with Crippen molar-refractivity contribution in [2.45, 2.75) is 56.5 Å². The van der Waals surface area contributed by atoms with Crippen LogP contribution in [-0.2, 0) is 0 Å². The summed E-state index contributed by atoms with van der Waals surface area (Å²) in [4.78, 5) is 4.32. The van der Waals surface area contributed by atoms with Gasteiger partial charge in [0.05, 0.1) is 31.3 Å². The van der Waals surface area contributed by atoms with Gasteiger partial charge in [-0.2, -0.15) is 0 Å². The minimum absolute atomic E-state index is 0.320. The van der Waals surface area contributed by atoms with E-state index in [2.05, 4.69) is 35.4 Å². The molecule has 2 fully saturated rings. The lowest BCUT2D eigenvalue weighted by Crippen LogP contribution is -2.21. The molecule has 0 amide bonds. The molecule has 1 aromatic carbocycles. The number of aliphatic hydroxyl groups is 1. The van der Waals surface area contributed by atoms with Gasteiger partial charge < -0.3 is 14.2 Å². The van der Waals surface area contributed by atoms with Gasteiger partial charge >= 0.3 is 0 Å². The Morgan fingerprint density at radius 3 is 2.61 bits per heavy atom. The molecule has 0 saturated heterocycles. The minimum Gasteiger partial charge on any atom is -0.497 e. The van der Waals surface area contributed by atoms with Crippen molar-refractivity contribution in [2.75, 3.05) is 7.11 Å². The largest absolute Gasteiger partial charge is 0.497 e. The molecule has 146 valence electrons. The fourth-order valence-electron chi connectivity index (χ4n) is 5.00. The number of aliphatic hydroxyl groups excluding tert-OH is 1. The number of hydrogen-bond acceptors (Lipinski definition) is 3. The van der Waals surface area contributed by atoms with Crippen LogP contribution in [0.25, 0.3) is 5.52 Å². The number of methoxy groups -OCH3 is 1. The summed E-state index contributed by atoms with van der Waals surface area (Å²) in [5.74, 6) is 2.44. The molecule has 5 rings (SSSR count). The van der Waals surface area contributed by atoms with E-state index in [9.17, 15) is 5.11 Å². The molecule has 0 radical (unpaired) electrons. The average Bonchev–Trinajstić information content (AvgIpc) is 3.49. The molecule has 1 atom stereocenters. The second kappa shape index (κ2) is 7.25. The molecule has 2 heterocycles. The van der Waals surface area contributed by atoms with Crippen LogP contribution in [0.4, 0.5) is 0 Å². The summed E-state index contributed by atoms with van der Waals surface area (Å²) in [6, 6.07) is 10.7. The lowest BCUT2D eigenvalue weighted by atomic mass is 9.75. The van der Waals surface area contributed by atoms with Gasteiger partial charge in [0.15, 0.2) is 0 Å². The van der Waals surface area contributed by atoms with Gasteiger partial charge in [-0.25, -0.2) is 4.98 Å². The van der Waals surface area contributed by atoms with E-state index in [1.807, 2.05) is 23.0 Å². The first-order valence-electron chi connectivity index (χ1n) is 10.5. The van der Waals surface area contributed by atoms with Crippen LogP contribution in [0.1, 0.15) is 73.2 Å². The molecule has 3 aromatic rings. The Balaban J connectivity index is 1.36. The molecule has 2 aromatic heterocycles. The Labute approximate surface area is 166 Å². The highest BCUT2D eigenvalue weighted by Crippen LogP contribution is 2.48. The highest BCUT2D eigenvalue weighted by atomic mass is 16.5. The number of nitrogens with zero attached hydrogens (tertiary/aromatic N) is 2. The maximum absolute atomic E-state index is 11.4. The van der Waals surface area contributed by atoms with Crippen LogP contribution in [0.15, 0.2) is 49.1 Å². The smallest absolute Gasteiger partial charge is 0.119 e. The Hall–Kier alpha value is -2.33. The second-order valence-corrected chi connectivity index (χ2v) is 8.48. The van der Waals surface area contributed by atoms with Crippen molar-refractivity contribution < 1.29 is 9.84 Å². The molecule has 2 aliphatic rings. The number of fused-ring (bicyclic) bond motifs is 1. The van der Waals surface area contributed by atoms with Crippen LogP contribution in [0.3, 0.4) is 0 Å². The van der Waals surface area contributed by atoms with E-state index in [1.54, 1.807) is 7.11 Å². The zero-order valence-corrected chi connectivity index (χ0v) is 16.4. The zero-order valence-electron chi connectivity index (χ0n) is 16.4. The van der Waals surface area contributed by atoms with Crippen molar-refractivity contribution in [2.24, 2.45) is 5.92 Å². The molecule has 4 heteroatoms. The predicted octanol–water partition coefficient (Wildman–Crippen LogP) is 5.23. The Morgan fingerprint density at radius 2 is 1.86 bits per heavy atom. The summed E-state index contributed by atoms with van der Waals surface area (Å²) in [7, 11) is 1.72. The lowest BCUT2D eigenvalue weighted by molar-refractivity contribution is 0.0810. The Kier molecular flexibility index (Phi) is 4.59. The van der Waals surface area contributed by atoms with Crippen molar-refractivity contribution in [1.82, 2.24) is 9.38 Å². The standard InChI is InChI=1S/C24H28N2O2/c1-28-20-4-2-3-19(13-20)16-5-9-18(10-6-16)24(27)23-21(17-7-8-17)11-12-26-15-25-14-22(23)26/h2-4,11-18,24,27H,5-10H2,1H3/t16-,18-,24-/m0/s1. The fourth-order valence-corrected chi connectivity index (χ4v) is 5.00. The summed E-state index contributed by atoms with van der Waals surface area (Å²) in [5.41, 5.74) is 4.92. The number of hydrogen-bond donors (Lipinski definition) is 1. The molecule has 2 aliphatic carbocycles. The summed E-state index contributed by atoms with van der Waals surface area (Å²) >= 11 is 0. The number of aromatic nitrogens is 2. The normalized spacial score (nSPS) is 23.6. The fraction of sp³-hybridized carbons (Fsp3) is 0.458. The first-order chi connectivity index (χ1) is 13.7. The van der Waals surface area contributed by atoms with E-state index in [4.69, 9.17) is 4.74 Å². The van der Waals surface area contributed by atoms with Gasteiger partial charge in [-0.15, -0.1) is 0 Å².